The van der Waals surface area contributed by atoms with Crippen molar-refractivity contribution in [1.82, 2.24) is 9.97 Å². The van der Waals surface area contributed by atoms with Gasteiger partial charge < -0.3 is 10.6 Å². The fourth-order valence-corrected chi connectivity index (χ4v) is 2.68. The molecule has 5 nitrogen and oxygen atoms in total. The Balaban J connectivity index is 1.92. The molecular weight excluding hydrogens is 293 g/mol. The summed E-state index contributed by atoms with van der Waals surface area (Å²) in [6.45, 7) is 3.63. The molecule has 0 atom stereocenters. The Kier molecular flexibility index (Phi) is 4.50. The predicted molar refractivity (Wildman–Crippen MR) is 90.9 cm³/mol. The first kappa shape index (κ1) is 15.4. The SMILES string of the molecule is Cc1ccc(N=Cc2c(N)ncnc2N2CCCCC2)cc1F. The standard InChI is InChI=1S/C17H20FN5/c1-12-5-6-13(9-15(12)18)20-10-14-16(19)21-11-22-17(14)23-7-3-2-4-8-23/h5-6,9-11H,2-4,7-8H2,1H3,(H2,19,21,22). The molecule has 0 spiro atoms. The summed E-state index contributed by atoms with van der Waals surface area (Å²) in [5.41, 5.74) is 7.83. The van der Waals surface area contributed by atoms with Gasteiger partial charge in [-0.25, -0.2) is 14.4 Å². The molecule has 2 heterocycles. The molecule has 0 bridgehead atoms. The quantitative estimate of drug-likeness (QED) is 0.883. The molecule has 1 fully saturated rings. The van der Waals surface area contributed by atoms with Crippen LogP contribution < -0.4 is 10.6 Å². The van der Waals surface area contributed by atoms with Gasteiger partial charge in [0.25, 0.3) is 0 Å². The number of anilines is 2. The van der Waals surface area contributed by atoms with Gasteiger partial charge in [0.15, 0.2) is 0 Å². The summed E-state index contributed by atoms with van der Waals surface area (Å²) < 4.78 is 13.6. The van der Waals surface area contributed by atoms with Crippen molar-refractivity contribution in [2.75, 3.05) is 23.7 Å². The molecule has 0 unspecified atom stereocenters. The fourth-order valence-electron chi connectivity index (χ4n) is 2.68. The number of piperidine rings is 1. The number of hydrogen-bond donors (Lipinski definition) is 1. The van der Waals surface area contributed by atoms with Gasteiger partial charge >= 0.3 is 0 Å². The van der Waals surface area contributed by atoms with E-state index in [4.69, 9.17) is 5.73 Å². The van der Waals surface area contributed by atoms with E-state index >= 15 is 0 Å². The third-order valence-electron chi connectivity index (χ3n) is 4.05. The molecule has 3 rings (SSSR count). The highest BCUT2D eigenvalue weighted by Crippen LogP contribution is 2.24. The third kappa shape index (κ3) is 3.47. The number of nitrogens with zero attached hydrogens (tertiary/aromatic N) is 4. The number of aryl methyl sites for hydroxylation is 1. The summed E-state index contributed by atoms with van der Waals surface area (Å²) in [5.74, 6) is 0.915. The van der Waals surface area contributed by atoms with Crippen molar-refractivity contribution < 1.29 is 4.39 Å². The molecule has 1 saturated heterocycles. The van der Waals surface area contributed by atoms with Crippen LogP contribution in [0.2, 0.25) is 0 Å². The van der Waals surface area contributed by atoms with Crippen LogP contribution in [0.15, 0.2) is 29.5 Å². The molecule has 1 aliphatic heterocycles. The first-order valence-corrected chi connectivity index (χ1v) is 7.81. The van der Waals surface area contributed by atoms with Crippen LogP contribution in [0, 0.1) is 12.7 Å². The van der Waals surface area contributed by atoms with Crippen molar-refractivity contribution in [1.29, 1.82) is 0 Å². The average Bonchev–Trinajstić information content (AvgIpc) is 2.57. The number of benzene rings is 1. The average molecular weight is 313 g/mol. The van der Waals surface area contributed by atoms with E-state index in [-0.39, 0.29) is 5.82 Å². The normalized spacial score (nSPS) is 15.3. The van der Waals surface area contributed by atoms with Gasteiger partial charge in [0.2, 0.25) is 0 Å². The molecule has 6 heteroatoms. The van der Waals surface area contributed by atoms with Crippen molar-refractivity contribution in [3.05, 3.63) is 41.5 Å². The lowest BCUT2D eigenvalue weighted by Gasteiger charge is -2.28. The van der Waals surface area contributed by atoms with Crippen LogP contribution in [0.3, 0.4) is 0 Å². The fraction of sp³-hybridized carbons (Fsp3) is 0.353. The van der Waals surface area contributed by atoms with E-state index < -0.39 is 0 Å². The van der Waals surface area contributed by atoms with Crippen LogP contribution in [0.5, 0.6) is 0 Å². The second-order valence-electron chi connectivity index (χ2n) is 5.74. The second kappa shape index (κ2) is 6.73. The summed E-state index contributed by atoms with van der Waals surface area (Å²) >= 11 is 0. The molecule has 120 valence electrons. The molecule has 0 saturated carbocycles. The second-order valence-corrected chi connectivity index (χ2v) is 5.74. The van der Waals surface area contributed by atoms with Crippen LogP contribution in [0.1, 0.15) is 30.4 Å². The zero-order valence-corrected chi connectivity index (χ0v) is 13.2. The molecule has 0 aliphatic carbocycles. The van der Waals surface area contributed by atoms with Gasteiger partial charge in [-0.3, -0.25) is 4.99 Å². The summed E-state index contributed by atoms with van der Waals surface area (Å²) in [7, 11) is 0. The summed E-state index contributed by atoms with van der Waals surface area (Å²) in [6.07, 6.45) is 6.63. The number of halogens is 1. The number of hydrogen-bond acceptors (Lipinski definition) is 5. The number of nitrogens with two attached hydrogens (primary N) is 1. The van der Waals surface area contributed by atoms with Crippen LogP contribution in [-0.4, -0.2) is 29.3 Å². The largest absolute Gasteiger partial charge is 0.383 e. The van der Waals surface area contributed by atoms with Crippen LogP contribution in [0.25, 0.3) is 0 Å². The van der Waals surface area contributed by atoms with Crippen molar-refractivity contribution in [2.24, 2.45) is 4.99 Å². The predicted octanol–water partition coefficient (Wildman–Crippen LogP) is 3.25. The molecular formula is C17H20FN5. The lowest BCUT2D eigenvalue weighted by atomic mass is 10.1. The summed E-state index contributed by atoms with van der Waals surface area (Å²) in [4.78, 5) is 15.0. The van der Waals surface area contributed by atoms with E-state index in [1.807, 2.05) is 0 Å². The first-order valence-electron chi connectivity index (χ1n) is 7.81. The maximum Gasteiger partial charge on any atom is 0.143 e. The maximum atomic E-state index is 13.6. The molecule has 23 heavy (non-hydrogen) atoms. The van der Waals surface area contributed by atoms with Crippen molar-refractivity contribution in [3.63, 3.8) is 0 Å². The monoisotopic (exact) mass is 313 g/mol. The van der Waals surface area contributed by atoms with Gasteiger partial charge in [-0.2, -0.15) is 0 Å². The van der Waals surface area contributed by atoms with Crippen molar-refractivity contribution >= 4 is 23.5 Å². The van der Waals surface area contributed by atoms with Gasteiger partial charge in [0.1, 0.15) is 23.8 Å². The van der Waals surface area contributed by atoms with E-state index in [0.29, 0.717) is 22.6 Å². The van der Waals surface area contributed by atoms with Crippen LogP contribution >= 0.6 is 0 Å². The molecule has 0 amide bonds. The topological polar surface area (TPSA) is 67.4 Å². The van der Waals surface area contributed by atoms with E-state index in [9.17, 15) is 4.39 Å². The van der Waals surface area contributed by atoms with Crippen LogP contribution in [0.4, 0.5) is 21.7 Å². The molecule has 0 radical (unpaired) electrons. The maximum absolute atomic E-state index is 13.6. The lowest BCUT2D eigenvalue weighted by molar-refractivity contribution is 0.573. The number of aromatic nitrogens is 2. The minimum Gasteiger partial charge on any atom is -0.383 e. The highest BCUT2D eigenvalue weighted by molar-refractivity contribution is 5.93. The van der Waals surface area contributed by atoms with Gasteiger partial charge in [-0.05, 0) is 43.9 Å². The van der Waals surface area contributed by atoms with Gasteiger partial charge in [0.05, 0.1) is 11.3 Å². The van der Waals surface area contributed by atoms with Crippen LogP contribution in [-0.2, 0) is 0 Å². The van der Waals surface area contributed by atoms with E-state index in [1.54, 1.807) is 25.3 Å². The Labute approximate surface area is 135 Å². The molecule has 1 aromatic carbocycles. The van der Waals surface area contributed by atoms with E-state index in [2.05, 4.69) is 19.9 Å². The van der Waals surface area contributed by atoms with Gasteiger partial charge in [-0.1, -0.05) is 6.07 Å². The minimum atomic E-state index is -0.270. The van der Waals surface area contributed by atoms with Gasteiger partial charge in [-0.15, -0.1) is 0 Å². The van der Waals surface area contributed by atoms with Crippen molar-refractivity contribution in [3.8, 4) is 0 Å². The molecule has 1 aromatic heterocycles. The Morgan fingerprint density at radius 2 is 2.00 bits per heavy atom. The third-order valence-corrected chi connectivity index (χ3v) is 4.05. The van der Waals surface area contributed by atoms with E-state index in [1.165, 1.54) is 18.8 Å². The highest BCUT2D eigenvalue weighted by atomic mass is 19.1. The smallest absolute Gasteiger partial charge is 0.143 e. The minimum absolute atomic E-state index is 0.270. The number of aliphatic imine (C=N–C) groups is 1. The number of rotatable bonds is 3. The Morgan fingerprint density at radius 1 is 1.22 bits per heavy atom. The zero-order chi connectivity index (χ0) is 16.2. The summed E-state index contributed by atoms with van der Waals surface area (Å²) in [5, 5.41) is 0. The molecule has 2 N–H and O–H groups in total. The Morgan fingerprint density at radius 3 is 2.74 bits per heavy atom. The lowest BCUT2D eigenvalue weighted by Crippen LogP contribution is -2.31. The molecule has 2 aromatic rings. The van der Waals surface area contributed by atoms with E-state index in [0.717, 1.165) is 31.7 Å². The summed E-state index contributed by atoms with van der Waals surface area (Å²) in [6, 6.07) is 4.89. The van der Waals surface area contributed by atoms with Gasteiger partial charge in [0, 0.05) is 19.3 Å². The first-order chi connectivity index (χ1) is 11.1. The zero-order valence-electron chi connectivity index (χ0n) is 13.2. The Hall–Kier alpha value is -2.50. The number of nitrogen functional groups attached to an aromatic ring is 1. The Bertz CT molecular complexity index is 723. The van der Waals surface area contributed by atoms with Crippen molar-refractivity contribution in [2.45, 2.75) is 26.2 Å². The molecule has 1 aliphatic rings. The highest BCUT2D eigenvalue weighted by Gasteiger charge is 2.17.